The van der Waals surface area contributed by atoms with Gasteiger partial charge in [-0.3, -0.25) is 4.79 Å². The number of Topliss-reactive ketones (excluding diaryl/α,β-unsaturated/α-hetero) is 1. The van der Waals surface area contributed by atoms with E-state index in [-0.39, 0.29) is 23.5 Å². The van der Waals surface area contributed by atoms with Crippen LogP contribution in [-0.4, -0.2) is 27.2 Å². The highest BCUT2D eigenvalue weighted by molar-refractivity contribution is 6.01. The van der Waals surface area contributed by atoms with E-state index in [1.165, 1.54) is 23.3 Å². The minimum Gasteiger partial charge on any atom is -0.508 e. The van der Waals surface area contributed by atoms with Crippen LogP contribution in [0.25, 0.3) is 0 Å². The first-order valence-corrected chi connectivity index (χ1v) is 9.39. The topological polar surface area (TPSA) is 77.8 Å². The minimum absolute atomic E-state index is 0.0151. The number of hydrogen-bond donors (Lipinski definition) is 3. The van der Waals surface area contributed by atoms with Crippen molar-refractivity contribution in [2.24, 2.45) is 0 Å². The van der Waals surface area contributed by atoms with Crippen LogP contribution in [0.2, 0.25) is 0 Å². The normalized spacial score (nSPS) is 13.4. The Bertz CT molecular complexity index is 722. The molecule has 0 aromatic heterocycles. The molecule has 27 heavy (non-hydrogen) atoms. The van der Waals surface area contributed by atoms with E-state index < -0.39 is 11.9 Å². The fourth-order valence-electron chi connectivity index (χ4n) is 2.67. The van der Waals surface area contributed by atoms with Gasteiger partial charge in [-0.05, 0) is 71.9 Å². The first-order chi connectivity index (χ1) is 12.7. The summed E-state index contributed by atoms with van der Waals surface area (Å²) < 4.78 is 0. The Hall–Kier alpha value is -2.33. The highest BCUT2D eigenvalue weighted by Gasteiger charge is 2.19. The SMILES string of the molecule is CC(C)=CCCC(C)=CCCC(C)=CCC(O)C(=O)c1ccc(O)cc1O. The van der Waals surface area contributed by atoms with Gasteiger partial charge >= 0.3 is 0 Å². The van der Waals surface area contributed by atoms with Crippen LogP contribution < -0.4 is 0 Å². The molecule has 0 aliphatic heterocycles. The van der Waals surface area contributed by atoms with Crippen molar-refractivity contribution in [1.82, 2.24) is 0 Å². The van der Waals surface area contributed by atoms with Gasteiger partial charge in [0.15, 0.2) is 5.78 Å². The maximum atomic E-state index is 12.2. The van der Waals surface area contributed by atoms with Crippen LogP contribution in [0.5, 0.6) is 11.5 Å². The van der Waals surface area contributed by atoms with Crippen LogP contribution in [-0.2, 0) is 0 Å². The molecule has 0 bridgehead atoms. The number of carbonyl (C=O) groups excluding carboxylic acids is 1. The van der Waals surface area contributed by atoms with Crippen molar-refractivity contribution in [3.8, 4) is 11.5 Å². The maximum Gasteiger partial charge on any atom is 0.195 e. The molecule has 1 aromatic rings. The van der Waals surface area contributed by atoms with Crippen molar-refractivity contribution < 1.29 is 20.1 Å². The summed E-state index contributed by atoms with van der Waals surface area (Å²) in [6, 6.07) is 3.72. The zero-order valence-corrected chi connectivity index (χ0v) is 16.8. The zero-order chi connectivity index (χ0) is 20.4. The quantitative estimate of drug-likeness (QED) is 0.377. The van der Waals surface area contributed by atoms with Gasteiger partial charge in [0.05, 0.1) is 5.56 Å². The van der Waals surface area contributed by atoms with Crippen LogP contribution in [0.3, 0.4) is 0 Å². The van der Waals surface area contributed by atoms with Gasteiger partial charge in [-0.1, -0.05) is 34.9 Å². The third-order valence-electron chi connectivity index (χ3n) is 4.36. The Kier molecular flexibility index (Phi) is 9.59. The smallest absolute Gasteiger partial charge is 0.195 e. The van der Waals surface area contributed by atoms with Crippen LogP contribution in [0.4, 0.5) is 0 Å². The molecule has 0 spiro atoms. The average molecular weight is 373 g/mol. The second-order valence-electron chi connectivity index (χ2n) is 7.28. The fourth-order valence-corrected chi connectivity index (χ4v) is 2.67. The van der Waals surface area contributed by atoms with Crippen LogP contribution in [0.15, 0.2) is 53.1 Å². The van der Waals surface area contributed by atoms with E-state index in [0.717, 1.165) is 37.3 Å². The summed E-state index contributed by atoms with van der Waals surface area (Å²) in [6.45, 7) is 8.34. The van der Waals surface area contributed by atoms with E-state index in [1.54, 1.807) is 0 Å². The number of phenolic OH excluding ortho intramolecular Hbond substituents is 2. The van der Waals surface area contributed by atoms with Gasteiger partial charge in [-0.15, -0.1) is 0 Å². The molecule has 0 saturated heterocycles. The lowest BCUT2D eigenvalue weighted by Gasteiger charge is -2.10. The summed E-state index contributed by atoms with van der Waals surface area (Å²) in [5.74, 6) is -1.00. The number of carbonyl (C=O) groups is 1. The number of allylic oxidation sites excluding steroid dienone is 5. The second-order valence-corrected chi connectivity index (χ2v) is 7.28. The molecular formula is C23H32O4. The first-order valence-electron chi connectivity index (χ1n) is 9.39. The molecule has 1 unspecified atom stereocenters. The summed E-state index contributed by atoms with van der Waals surface area (Å²) in [4.78, 5) is 12.2. The van der Waals surface area contributed by atoms with Gasteiger partial charge in [0, 0.05) is 6.07 Å². The Balaban J connectivity index is 2.48. The highest BCUT2D eigenvalue weighted by atomic mass is 16.3. The van der Waals surface area contributed by atoms with E-state index in [4.69, 9.17) is 0 Å². The minimum atomic E-state index is -1.21. The molecule has 4 nitrogen and oxygen atoms in total. The number of hydrogen-bond acceptors (Lipinski definition) is 4. The van der Waals surface area contributed by atoms with Crippen molar-refractivity contribution in [3.63, 3.8) is 0 Å². The number of phenols is 2. The standard InChI is InChI=1S/C23H32O4/c1-16(2)7-5-8-17(3)9-6-10-18(4)11-14-21(25)23(27)20-13-12-19(24)15-22(20)26/h7,9,11-13,15,21,24-26H,5-6,8,10,14H2,1-4H3. The molecule has 1 atom stereocenters. The number of aromatic hydroxyl groups is 2. The Morgan fingerprint density at radius 3 is 2.15 bits per heavy atom. The molecule has 0 amide bonds. The van der Waals surface area contributed by atoms with Gasteiger partial charge in [0.1, 0.15) is 17.6 Å². The summed E-state index contributed by atoms with van der Waals surface area (Å²) in [6.07, 6.45) is 9.29. The van der Waals surface area contributed by atoms with E-state index in [2.05, 4.69) is 32.9 Å². The van der Waals surface area contributed by atoms with E-state index in [9.17, 15) is 20.1 Å². The summed E-state index contributed by atoms with van der Waals surface area (Å²) in [5.41, 5.74) is 3.85. The van der Waals surface area contributed by atoms with E-state index in [0.29, 0.717) is 0 Å². The predicted molar refractivity (Wildman–Crippen MR) is 110 cm³/mol. The highest BCUT2D eigenvalue weighted by Crippen LogP contribution is 2.24. The van der Waals surface area contributed by atoms with E-state index >= 15 is 0 Å². The monoisotopic (exact) mass is 372 g/mol. The average Bonchev–Trinajstić information content (AvgIpc) is 2.58. The Labute approximate surface area is 162 Å². The van der Waals surface area contributed by atoms with Crippen molar-refractivity contribution in [3.05, 3.63) is 58.7 Å². The van der Waals surface area contributed by atoms with Crippen molar-refractivity contribution in [2.45, 2.75) is 65.9 Å². The number of aliphatic hydroxyl groups excluding tert-OH is 1. The van der Waals surface area contributed by atoms with Crippen LogP contribution >= 0.6 is 0 Å². The number of benzene rings is 1. The number of rotatable bonds is 10. The number of ketones is 1. The second kappa shape index (κ2) is 11.4. The largest absolute Gasteiger partial charge is 0.508 e. The third kappa shape index (κ3) is 8.74. The third-order valence-corrected chi connectivity index (χ3v) is 4.36. The summed E-state index contributed by atoms with van der Waals surface area (Å²) >= 11 is 0. The molecule has 0 radical (unpaired) electrons. The van der Waals surface area contributed by atoms with E-state index in [1.807, 2.05) is 13.0 Å². The molecule has 0 aliphatic carbocycles. The van der Waals surface area contributed by atoms with Gasteiger partial charge < -0.3 is 15.3 Å². The molecular weight excluding hydrogens is 340 g/mol. The molecule has 0 saturated carbocycles. The fraction of sp³-hybridized carbons (Fsp3) is 0.435. The molecule has 4 heteroatoms. The van der Waals surface area contributed by atoms with Crippen molar-refractivity contribution in [1.29, 1.82) is 0 Å². The first kappa shape index (κ1) is 22.7. The molecule has 1 rings (SSSR count). The summed E-state index contributed by atoms with van der Waals surface area (Å²) in [7, 11) is 0. The molecule has 0 heterocycles. The molecule has 0 fully saturated rings. The van der Waals surface area contributed by atoms with Crippen molar-refractivity contribution in [2.75, 3.05) is 0 Å². The molecule has 3 N–H and O–H groups in total. The Morgan fingerprint density at radius 1 is 0.963 bits per heavy atom. The predicted octanol–water partition coefficient (Wildman–Crippen LogP) is 5.45. The maximum absolute atomic E-state index is 12.2. The zero-order valence-electron chi connectivity index (χ0n) is 16.8. The van der Waals surface area contributed by atoms with Gasteiger partial charge in [-0.2, -0.15) is 0 Å². The van der Waals surface area contributed by atoms with Gasteiger partial charge in [-0.25, -0.2) is 0 Å². The Morgan fingerprint density at radius 2 is 1.56 bits per heavy atom. The van der Waals surface area contributed by atoms with Gasteiger partial charge in [0.25, 0.3) is 0 Å². The molecule has 0 aliphatic rings. The lowest BCUT2D eigenvalue weighted by Crippen LogP contribution is -2.19. The summed E-state index contributed by atoms with van der Waals surface area (Å²) in [5, 5.41) is 29.1. The van der Waals surface area contributed by atoms with Crippen molar-refractivity contribution >= 4 is 5.78 Å². The van der Waals surface area contributed by atoms with Crippen LogP contribution in [0, 0.1) is 0 Å². The van der Waals surface area contributed by atoms with Crippen LogP contribution in [0.1, 0.15) is 70.2 Å². The molecule has 148 valence electrons. The molecule has 1 aromatic carbocycles. The lowest BCUT2D eigenvalue weighted by molar-refractivity contribution is 0.0749. The number of aliphatic hydroxyl groups is 1. The lowest BCUT2D eigenvalue weighted by atomic mass is 10.0. The van der Waals surface area contributed by atoms with Gasteiger partial charge in [0.2, 0.25) is 0 Å².